The van der Waals surface area contributed by atoms with Gasteiger partial charge in [-0.15, -0.1) is 0 Å². The van der Waals surface area contributed by atoms with Gasteiger partial charge in [0.25, 0.3) is 0 Å². The Kier molecular flexibility index (Phi) is 5.71. The van der Waals surface area contributed by atoms with E-state index in [1.165, 1.54) is 24.8 Å². The van der Waals surface area contributed by atoms with E-state index in [2.05, 4.69) is 63.0 Å². The van der Waals surface area contributed by atoms with Gasteiger partial charge < -0.3 is 4.74 Å². The topological polar surface area (TPSA) is 9.23 Å². The van der Waals surface area contributed by atoms with Crippen LogP contribution in [0.3, 0.4) is 0 Å². The summed E-state index contributed by atoms with van der Waals surface area (Å²) in [6, 6.07) is 8.62. The molecular weight excluding hydrogens is 356 g/mol. The van der Waals surface area contributed by atoms with E-state index in [9.17, 15) is 0 Å². The second-order valence-electron chi connectivity index (χ2n) is 5.08. The molecule has 2 rings (SSSR count). The highest BCUT2D eigenvalue weighted by atomic mass is 79.9. The fraction of sp³-hybridized carbons (Fsp3) is 0.600. The Bertz CT molecular complexity index is 357. The first-order valence-electron chi connectivity index (χ1n) is 6.67. The van der Waals surface area contributed by atoms with Crippen LogP contribution in [0.1, 0.15) is 31.7 Å². The maximum atomic E-state index is 5.60. The van der Waals surface area contributed by atoms with Gasteiger partial charge in [0.1, 0.15) is 0 Å². The zero-order valence-electron chi connectivity index (χ0n) is 10.7. The van der Waals surface area contributed by atoms with Crippen LogP contribution in [0.15, 0.2) is 28.7 Å². The highest BCUT2D eigenvalue weighted by molar-refractivity contribution is 9.10. The Morgan fingerprint density at radius 1 is 1.28 bits per heavy atom. The number of hydrogen-bond donors (Lipinski definition) is 0. The summed E-state index contributed by atoms with van der Waals surface area (Å²) in [6.07, 6.45) is 5.40. The van der Waals surface area contributed by atoms with Gasteiger partial charge in [-0.25, -0.2) is 0 Å². The smallest absolute Gasteiger partial charge is 0.0580 e. The normalized spacial score (nSPS) is 24.6. The Hall–Kier alpha value is 0.140. The van der Waals surface area contributed by atoms with Gasteiger partial charge in [-0.1, -0.05) is 44.0 Å². The molecule has 1 aromatic carbocycles. The summed E-state index contributed by atoms with van der Waals surface area (Å²) in [7, 11) is 0. The molecule has 0 radical (unpaired) electrons. The summed E-state index contributed by atoms with van der Waals surface area (Å²) in [5.74, 6) is 0.848. The van der Waals surface area contributed by atoms with Crippen molar-refractivity contribution in [3.05, 3.63) is 34.3 Å². The second kappa shape index (κ2) is 7.06. The van der Waals surface area contributed by atoms with Crippen LogP contribution in [0.25, 0.3) is 0 Å². The Morgan fingerprint density at radius 3 is 2.56 bits per heavy atom. The predicted molar refractivity (Wildman–Crippen MR) is 83.3 cm³/mol. The van der Waals surface area contributed by atoms with Crippen molar-refractivity contribution < 1.29 is 4.74 Å². The highest BCUT2D eigenvalue weighted by Gasteiger charge is 2.30. The third kappa shape index (κ3) is 4.36. The van der Waals surface area contributed by atoms with Gasteiger partial charge >= 0.3 is 0 Å². The van der Waals surface area contributed by atoms with E-state index in [0.29, 0.717) is 10.9 Å². The first-order valence-corrected chi connectivity index (χ1v) is 8.38. The highest BCUT2D eigenvalue weighted by Crippen LogP contribution is 2.35. The first-order chi connectivity index (χ1) is 8.67. The molecular formula is C15H20Br2O. The lowest BCUT2D eigenvalue weighted by Gasteiger charge is -2.36. The predicted octanol–water partition coefficient (Wildman–Crippen LogP) is 4.96. The SMILES string of the molecule is CCOC1CC(CC(Br)Cc2ccc(Br)cc2)C1. The van der Waals surface area contributed by atoms with E-state index in [4.69, 9.17) is 4.74 Å². The molecule has 0 amide bonds. The fourth-order valence-electron chi connectivity index (χ4n) is 2.56. The van der Waals surface area contributed by atoms with E-state index in [0.717, 1.165) is 23.4 Å². The van der Waals surface area contributed by atoms with Crippen LogP contribution in [0.5, 0.6) is 0 Å². The average molecular weight is 376 g/mol. The van der Waals surface area contributed by atoms with Gasteiger partial charge in [0.15, 0.2) is 0 Å². The molecule has 0 saturated heterocycles. The zero-order valence-corrected chi connectivity index (χ0v) is 13.9. The van der Waals surface area contributed by atoms with Crippen molar-refractivity contribution in [3.63, 3.8) is 0 Å². The van der Waals surface area contributed by atoms with Crippen molar-refractivity contribution in [3.8, 4) is 0 Å². The summed E-state index contributed by atoms with van der Waals surface area (Å²) in [6.45, 7) is 2.93. The molecule has 1 saturated carbocycles. The minimum Gasteiger partial charge on any atom is -0.378 e. The number of rotatable bonds is 6. The van der Waals surface area contributed by atoms with Gasteiger partial charge in [-0.2, -0.15) is 0 Å². The molecule has 1 nitrogen and oxygen atoms in total. The van der Waals surface area contributed by atoms with Crippen LogP contribution < -0.4 is 0 Å². The largest absolute Gasteiger partial charge is 0.378 e. The van der Waals surface area contributed by atoms with Crippen LogP contribution in [-0.2, 0) is 11.2 Å². The van der Waals surface area contributed by atoms with Crippen molar-refractivity contribution in [2.45, 2.75) is 43.5 Å². The summed E-state index contributed by atoms with van der Waals surface area (Å²) in [5, 5.41) is 0. The lowest BCUT2D eigenvalue weighted by Crippen LogP contribution is -2.33. The van der Waals surface area contributed by atoms with E-state index in [1.54, 1.807) is 0 Å². The molecule has 18 heavy (non-hydrogen) atoms. The van der Waals surface area contributed by atoms with Gasteiger partial charge in [0, 0.05) is 15.9 Å². The molecule has 1 atom stereocenters. The Balaban J connectivity index is 1.70. The van der Waals surface area contributed by atoms with Gasteiger partial charge in [0.2, 0.25) is 0 Å². The van der Waals surface area contributed by atoms with Gasteiger partial charge in [-0.05, 0) is 56.2 Å². The molecule has 3 heteroatoms. The van der Waals surface area contributed by atoms with E-state index < -0.39 is 0 Å². The van der Waals surface area contributed by atoms with Crippen LogP contribution in [0.2, 0.25) is 0 Å². The van der Waals surface area contributed by atoms with Crippen LogP contribution in [-0.4, -0.2) is 17.5 Å². The minimum absolute atomic E-state index is 0.535. The molecule has 0 aliphatic heterocycles. The van der Waals surface area contributed by atoms with Crippen LogP contribution >= 0.6 is 31.9 Å². The molecule has 1 aromatic rings. The van der Waals surface area contributed by atoms with Gasteiger partial charge in [0.05, 0.1) is 6.10 Å². The maximum absolute atomic E-state index is 5.60. The van der Waals surface area contributed by atoms with E-state index in [-0.39, 0.29) is 0 Å². The number of benzene rings is 1. The van der Waals surface area contributed by atoms with E-state index >= 15 is 0 Å². The third-order valence-electron chi connectivity index (χ3n) is 3.55. The third-order valence-corrected chi connectivity index (χ3v) is 4.78. The maximum Gasteiger partial charge on any atom is 0.0580 e. The second-order valence-corrected chi connectivity index (χ2v) is 7.29. The van der Waals surface area contributed by atoms with Crippen molar-refractivity contribution in [1.29, 1.82) is 0 Å². The summed E-state index contributed by atoms with van der Waals surface area (Å²) in [5.41, 5.74) is 1.40. The number of alkyl halides is 1. The molecule has 100 valence electrons. The van der Waals surface area contributed by atoms with Crippen molar-refractivity contribution in [1.82, 2.24) is 0 Å². The Morgan fingerprint density at radius 2 is 1.94 bits per heavy atom. The number of halogens is 2. The zero-order chi connectivity index (χ0) is 13.0. The molecule has 1 aliphatic rings. The van der Waals surface area contributed by atoms with Crippen LogP contribution in [0, 0.1) is 5.92 Å². The summed E-state index contributed by atoms with van der Waals surface area (Å²) >= 11 is 7.28. The Labute approximate surface area is 127 Å². The monoisotopic (exact) mass is 374 g/mol. The molecule has 1 aliphatic carbocycles. The van der Waals surface area contributed by atoms with Crippen molar-refractivity contribution in [2.24, 2.45) is 5.92 Å². The quantitative estimate of drug-likeness (QED) is 0.638. The molecule has 0 N–H and O–H groups in total. The van der Waals surface area contributed by atoms with Crippen LogP contribution in [0.4, 0.5) is 0 Å². The fourth-order valence-corrected chi connectivity index (χ4v) is 3.73. The molecule has 0 spiro atoms. The molecule has 0 heterocycles. The van der Waals surface area contributed by atoms with Gasteiger partial charge in [-0.3, -0.25) is 0 Å². The first kappa shape index (κ1) is 14.5. The van der Waals surface area contributed by atoms with Crippen molar-refractivity contribution >= 4 is 31.9 Å². The molecule has 0 bridgehead atoms. The standard InChI is InChI=1S/C15H20Br2O/c1-2-18-15-9-12(10-15)8-14(17)7-11-3-5-13(16)6-4-11/h3-6,12,14-15H,2,7-10H2,1H3. The average Bonchev–Trinajstić information content (AvgIpc) is 2.29. The lowest BCUT2D eigenvalue weighted by atomic mass is 9.79. The number of hydrogen-bond acceptors (Lipinski definition) is 1. The molecule has 0 aromatic heterocycles. The van der Waals surface area contributed by atoms with E-state index in [1.807, 2.05) is 0 Å². The minimum atomic E-state index is 0.535. The lowest BCUT2D eigenvalue weighted by molar-refractivity contribution is -0.0263. The molecule has 1 unspecified atom stereocenters. The summed E-state index contributed by atoms with van der Waals surface area (Å²) in [4.78, 5) is 0.589. The number of ether oxygens (including phenoxy) is 1. The molecule has 1 fully saturated rings. The van der Waals surface area contributed by atoms with Crippen molar-refractivity contribution in [2.75, 3.05) is 6.61 Å². The summed E-state index contributed by atoms with van der Waals surface area (Å²) < 4.78 is 6.75.